The number of nitrogens with zero attached hydrogens (tertiary/aromatic N) is 6. The lowest BCUT2D eigenvalue weighted by molar-refractivity contribution is -0.135. The summed E-state index contributed by atoms with van der Waals surface area (Å²) >= 11 is 0. The monoisotopic (exact) mass is 524 g/mol. The topological polar surface area (TPSA) is 78.1 Å². The predicted molar refractivity (Wildman–Crippen MR) is 134 cm³/mol. The number of imidazole rings is 1. The molecule has 1 saturated heterocycles. The van der Waals surface area contributed by atoms with Gasteiger partial charge in [0.1, 0.15) is 17.7 Å². The number of likely N-dealkylation sites (N-methyl/N-ethyl adjacent to an activating group) is 1. The molecule has 0 aliphatic carbocycles. The molecule has 1 unspecified atom stereocenters. The fourth-order valence-corrected chi connectivity index (χ4v) is 5.66. The van der Waals surface area contributed by atoms with Gasteiger partial charge in [0.2, 0.25) is 5.91 Å². The number of amides is 1. The van der Waals surface area contributed by atoms with E-state index in [9.17, 15) is 13.6 Å². The highest BCUT2D eigenvalue weighted by molar-refractivity contribution is 5.97. The Morgan fingerprint density at radius 2 is 1.87 bits per heavy atom. The lowest BCUT2D eigenvalue weighted by Crippen LogP contribution is -2.40. The minimum Gasteiger partial charge on any atom is -0.381 e. The van der Waals surface area contributed by atoms with Crippen molar-refractivity contribution < 1.29 is 22.7 Å². The number of ether oxygens (including phenoxy) is 1. The summed E-state index contributed by atoms with van der Waals surface area (Å²) in [5.41, 5.74) is 1.77. The molecule has 198 valence electrons. The van der Waals surface area contributed by atoms with Crippen LogP contribution in [0.25, 0.3) is 33.4 Å². The third kappa shape index (κ3) is 3.87. The summed E-state index contributed by atoms with van der Waals surface area (Å²) in [6.07, 6.45) is 1.72. The molecular weight excluding hydrogens is 497 g/mol. The summed E-state index contributed by atoms with van der Waals surface area (Å²) in [6, 6.07) is 3.58. The number of benzene rings is 1. The van der Waals surface area contributed by atoms with Gasteiger partial charge in [-0.2, -0.15) is 5.10 Å². The van der Waals surface area contributed by atoms with Gasteiger partial charge in [0.05, 0.1) is 35.3 Å². The molecule has 2 aliphatic rings. The number of pyridine rings is 1. The first-order valence-electron chi connectivity index (χ1n) is 12.6. The Hall–Kier alpha value is -3.73. The van der Waals surface area contributed by atoms with Gasteiger partial charge in [0, 0.05) is 61.5 Å². The third-order valence-corrected chi connectivity index (χ3v) is 7.56. The minimum atomic E-state index is -2.84. The van der Waals surface area contributed by atoms with Crippen molar-refractivity contribution in [2.45, 2.75) is 44.7 Å². The van der Waals surface area contributed by atoms with Gasteiger partial charge in [-0.25, -0.2) is 23.1 Å². The average Bonchev–Trinajstić information content (AvgIpc) is 3.51. The van der Waals surface area contributed by atoms with Crippen LogP contribution in [0.5, 0.6) is 0 Å². The molecule has 4 aromatic rings. The van der Waals surface area contributed by atoms with E-state index in [1.165, 1.54) is 29.1 Å². The largest absolute Gasteiger partial charge is 0.381 e. The quantitative estimate of drug-likeness (QED) is 0.375. The molecule has 3 aromatic heterocycles. The third-order valence-electron chi connectivity index (χ3n) is 7.56. The number of rotatable bonds is 4. The molecule has 0 radical (unpaired) electrons. The van der Waals surface area contributed by atoms with Crippen molar-refractivity contribution in [2.75, 3.05) is 20.3 Å². The highest BCUT2D eigenvalue weighted by Gasteiger charge is 2.37. The van der Waals surface area contributed by atoms with Crippen LogP contribution in [-0.2, 0) is 23.1 Å². The van der Waals surface area contributed by atoms with Crippen molar-refractivity contribution in [3.63, 3.8) is 0 Å². The van der Waals surface area contributed by atoms with E-state index in [1.807, 2.05) is 11.5 Å². The number of aryl methyl sites for hydroxylation is 1. The van der Waals surface area contributed by atoms with Crippen LogP contribution in [0.15, 0.2) is 30.6 Å². The molecule has 8 nitrogen and oxygen atoms in total. The SMILES string of the molecule is CC1C(=O)N(C)Cc2c(-c3c(F)ccc4nc(-c5cnn(C)c5)c(C(F)F)cc34)nc(C3CCOCC3)n21. The number of fused-ring (bicyclic) bond motifs is 2. The number of carbonyl (C=O) groups is 1. The Morgan fingerprint density at radius 1 is 1.11 bits per heavy atom. The summed E-state index contributed by atoms with van der Waals surface area (Å²) in [6.45, 7) is 3.19. The Labute approximate surface area is 217 Å². The van der Waals surface area contributed by atoms with Gasteiger partial charge in [-0.3, -0.25) is 9.48 Å². The molecule has 6 rings (SSSR count). The van der Waals surface area contributed by atoms with Gasteiger partial charge >= 0.3 is 0 Å². The maximum Gasteiger partial charge on any atom is 0.265 e. The lowest BCUT2D eigenvalue weighted by Gasteiger charge is -2.32. The van der Waals surface area contributed by atoms with Gasteiger partial charge < -0.3 is 14.2 Å². The molecule has 1 atom stereocenters. The Balaban J connectivity index is 1.61. The number of hydrogen-bond acceptors (Lipinski definition) is 5. The second kappa shape index (κ2) is 9.23. The molecule has 11 heteroatoms. The second-order valence-electron chi connectivity index (χ2n) is 10.0. The number of aromatic nitrogens is 5. The molecule has 5 heterocycles. The van der Waals surface area contributed by atoms with Crippen molar-refractivity contribution in [3.05, 3.63) is 53.5 Å². The van der Waals surface area contributed by atoms with Crippen molar-refractivity contribution in [3.8, 4) is 22.5 Å². The minimum absolute atomic E-state index is 0.0416. The van der Waals surface area contributed by atoms with E-state index in [0.29, 0.717) is 41.5 Å². The molecule has 1 aromatic carbocycles. The lowest BCUT2D eigenvalue weighted by atomic mass is 9.98. The molecule has 38 heavy (non-hydrogen) atoms. The van der Waals surface area contributed by atoms with E-state index in [0.717, 1.165) is 12.8 Å². The van der Waals surface area contributed by atoms with E-state index >= 15 is 4.39 Å². The smallest absolute Gasteiger partial charge is 0.265 e. The maximum absolute atomic E-state index is 15.7. The van der Waals surface area contributed by atoms with Crippen LogP contribution < -0.4 is 0 Å². The Kier molecular flexibility index (Phi) is 5.97. The van der Waals surface area contributed by atoms with Crippen LogP contribution in [-0.4, -0.2) is 55.4 Å². The molecule has 2 aliphatic heterocycles. The van der Waals surface area contributed by atoms with Gasteiger partial charge in [-0.05, 0) is 38.0 Å². The van der Waals surface area contributed by atoms with E-state index < -0.39 is 18.3 Å². The number of carbonyl (C=O) groups excluding carboxylic acids is 1. The van der Waals surface area contributed by atoms with Crippen LogP contribution in [0.1, 0.15) is 55.2 Å². The fourth-order valence-electron chi connectivity index (χ4n) is 5.66. The predicted octanol–water partition coefficient (Wildman–Crippen LogP) is 5.00. The molecule has 0 bridgehead atoms. The van der Waals surface area contributed by atoms with E-state index in [1.54, 1.807) is 25.2 Å². The molecular formula is C27H27F3N6O2. The summed E-state index contributed by atoms with van der Waals surface area (Å²) in [5, 5.41) is 4.34. The second-order valence-corrected chi connectivity index (χ2v) is 10.0. The molecule has 0 N–H and O–H groups in total. The summed E-state index contributed by atoms with van der Waals surface area (Å²) < 4.78 is 53.3. The molecule has 1 amide bonds. The molecule has 0 saturated carbocycles. The van der Waals surface area contributed by atoms with Gasteiger partial charge in [0.25, 0.3) is 6.43 Å². The van der Waals surface area contributed by atoms with Crippen LogP contribution >= 0.6 is 0 Å². The molecule has 1 fully saturated rings. The zero-order valence-electron chi connectivity index (χ0n) is 21.3. The standard InChI is InChI=1S/C27H27F3N6O2/c1-14-27(37)34(2)13-21-24(33-26(36(14)21)15-6-8-38-9-7-15)22-17-10-18(25(29)30)23(16-11-31-35(3)12-16)32-20(17)5-4-19(22)28/h4-5,10-12,14-15,25H,6-9,13H2,1-3H3. The number of hydrogen-bond donors (Lipinski definition) is 0. The summed E-state index contributed by atoms with van der Waals surface area (Å²) in [5.74, 6) is 0.105. The first kappa shape index (κ1) is 24.6. The Morgan fingerprint density at radius 3 is 2.55 bits per heavy atom. The number of halogens is 3. The van der Waals surface area contributed by atoms with Crippen LogP contribution in [0, 0.1) is 5.82 Å². The highest BCUT2D eigenvalue weighted by atomic mass is 19.3. The number of alkyl halides is 2. The van der Waals surface area contributed by atoms with Crippen molar-refractivity contribution in [2.24, 2.45) is 7.05 Å². The molecule has 0 spiro atoms. The Bertz CT molecular complexity index is 1560. The zero-order valence-corrected chi connectivity index (χ0v) is 21.3. The highest BCUT2D eigenvalue weighted by Crippen LogP contribution is 2.42. The zero-order chi connectivity index (χ0) is 26.7. The fraction of sp³-hybridized carbons (Fsp3) is 0.407. The van der Waals surface area contributed by atoms with Crippen LogP contribution in [0.2, 0.25) is 0 Å². The van der Waals surface area contributed by atoms with Gasteiger partial charge in [-0.15, -0.1) is 0 Å². The summed E-state index contributed by atoms with van der Waals surface area (Å²) in [4.78, 5) is 24.0. The first-order valence-corrected chi connectivity index (χ1v) is 12.6. The maximum atomic E-state index is 15.7. The summed E-state index contributed by atoms with van der Waals surface area (Å²) in [7, 11) is 3.39. The van der Waals surface area contributed by atoms with Crippen molar-refractivity contribution in [1.29, 1.82) is 0 Å². The van der Waals surface area contributed by atoms with Crippen LogP contribution in [0.3, 0.4) is 0 Å². The van der Waals surface area contributed by atoms with Crippen LogP contribution in [0.4, 0.5) is 13.2 Å². The normalized spacial score (nSPS) is 18.6. The van der Waals surface area contributed by atoms with Gasteiger partial charge in [-0.1, -0.05) is 0 Å². The van der Waals surface area contributed by atoms with Crippen molar-refractivity contribution in [1.82, 2.24) is 29.2 Å². The van der Waals surface area contributed by atoms with E-state index in [-0.39, 0.29) is 40.6 Å². The van der Waals surface area contributed by atoms with Crippen molar-refractivity contribution >= 4 is 16.8 Å². The van der Waals surface area contributed by atoms with E-state index in [4.69, 9.17) is 9.72 Å². The van der Waals surface area contributed by atoms with E-state index in [2.05, 4.69) is 10.1 Å². The average molecular weight is 525 g/mol. The van der Waals surface area contributed by atoms with Gasteiger partial charge in [0.15, 0.2) is 0 Å². The first-order chi connectivity index (χ1) is 18.2.